The average Bonchev–Trinajstić information content (AvgIpc) is 3.13. The van der Waals surface area contributed by atoms with Crippen molar-refractivity contribution in [3.63, 3.8) is 0 Å². The lowest BCUT2D eigenvalue weighted by molar-refractivity contribution is 0.0928. The van der Waals surface area contributed by atoms with E-state index in [2.05, 4.69) is 5.32 Å². The van der Waals surface area contributed by atoms with Crippen LogP contribution in [0.1, 0.15) is 35.2 Å². The van der Waals surface area contributed by atoms with E-state index in [0.29, 0.717) is 5.92 Å². The monoisotopic (exact) mass is 269 g/mol. The van der Waals surface area contributed by atoms with Crippen molar-refractivity contribution >= 4 is 5.91 Å². The van der Waals surface area contributed by atoms with E-state index in [1.54, 1.807) is 12.5 Å². The highest BCUT2D eigenvalue weighted by atomic mass is 16.3. The molecule has 2 atom stereocenters. The van der Waals surface area contributed by atoms with E-state index in [1.165, 1.54) is 18.4 Å². The third-order valence-electron chi connectivity index (χ3n) is 4.09. The minimum atomic E-state index is 0.0368. The van der Waals surface area contributed by atoms with Crippen LogP contribution >= 0.6 is 0 Å². The van der Waals surface area contributed by atoms with Crippen molar-refractivity contribution in [2.45, 2.75) is 31.7 Å². The molecule has 0 aliphatic heterocycles. The van der Waals surface area contributed by atoms with Crippen molar-refractivity contribution in [2.75, 3.05) is 0 Å². The van der Waals surface area contributed by atoms with Gasteiger partial charge in [0.2, 0.25) is 0 Å². The minimum Gasteiger partial charge on any atom is -0.472 e. The van der Waals surface area contributed by atoms with Crippen molar-refractivity contribution in [2.24, 2.45) is 5.92 Å². The summed E-state index contributed by atoms with van der Waals surface area (Å²) in [6.07, 6.45) is 7.92. The van der Waals surface area contributed by atoms with Crippen molar-refractivity contribution in [3.05, 3.63) is 60.1 Å². The number of rotatable bonds is 4. The van der Waals surface area contributed by atoms with Crippen molar-refractivity contribution in [1.29, 1.82) is 0 Å². The molecule has 0 radical (unpaired) electrons. The molecule has 1 aromatic heterocycles. The Kier molecular flexibility index (Phi) is 3.86. The quantitative estimate of drug-likeness (QED) is 0.924. The molecule has 0 saturated heterocycles. The van der Waals surface area contributed by atoms with Gasteiger partial charge < -0.3 is 9.73 Å². The standard InChI is InChI=1S/C17H19NO2/c19-17(14-5-2-1-3-6-14)18-16-8-4-7-15(16)11-13-9-10-20-12-13/h1-3,5-6,9-10,12,15-16H,4,7-8,11H2,(H,18,19). The smallest absolute Gasteiger partial charge is 0.251 e. The SMILES string of the molecule is O=C(NC1CCCC1Cc1ccoc1)c1ccccc1. The number of carbonyl (C=O) groups is 1. The molecule has 2 aromatic rings. The summed E-state index contributed by atoms with van der Waals surface area (Å²) in [4.78, 5) is 12.2. The van der Waals surface area contributed by atoms with E-state index in [9.17, 15) is 4.79 Å². The Bertz CT molecular complexity index is 548. The minimum absolute atomic E-state index is 0.0368. The van der Waals surface area contributed by atoms with Gasteiger partial charge in [-0.2, -0.15) is 0 Å². The van der Waals surface area contributed by atoms with E-state index in [0.717, 1.165) is 18.4 Å². The molecular formula is C17H19NO2. The lowest BCUT2D eigenvalue weighted by Gasteiger charge is -2.20. The summed E-state index contributed by atoms with van der Waals surface area (Å²) in [7, 11) is 0. The molecule has 1 saturated carbocycles. The molecule has 3 heteroatoms. The molecule has 0 spiro atoms. The molecule has 1 aliphatic carbocycles. The number of furan rings is 1. The Hall–Kier alpha value is -2.03. The van der Waals surface area contributed by atoms with Gasteiger partial charge in [0.25, 0.3) is 5.91 Å². The molecule has 1 fully saturated rings. The Morgan fingerprint density at radius 2 is 2.05 bits per heavy atom. The fourth-order valence-corrected chi connectivity index (χ4v) is 3.02. The van der Waals surface area contributed by atoms with Crippen LogP contribution in [0, 0.1) is 5.92 Å². The Morgan fingerprint density at radius 3 is 2.80 bits per heavy atom. The van der Waals surface area contributed by atoms with Crippen molar-refractivity contribution in [3.8, 4) is 0 Å². The first-order valence-corrected chi connectivity index (χ1v) is 7.20. The fourth-order valence-electron chi connectivity index (χ4n) is 3.02. The van der Waals surface area contributed by atoms with Gasteiger partial charge in [0.1, 0.15) is 0 Å². The Morgan fingerprint density at radius 1 is 1.20 bits per heavy atom. The molecule has 104 valence electrons. The molecule has 1 aliphatic rings. The average molecular weight is 269 g/mol. The summed E-state index contributed by atoms with van der Waals surface area (Å²) < 4.78 is 5.12. The Balaban J connectivity index is 1.63. The summed E-state index contributed by atoms with van der Waals surface area (Å²) >= 11 is 0. The number of amides is 1. The second-order valence-corrected chi connectivity index (χ2v) is 5.47. The lowest BCUT2D eigenvalue weighted by atomic mass is 9.96. The number of nitrogens with one attached hydrogen (secondary N) is 1. The zero-order chi connectivity index (χ0) is 13.8. The molecule has 3 rings (SSSR count). The number of hydrogen-bond donors (Lipinski definition) is 1. The molecule has 1 N–H and O–H groups in total. The molecular weight excluding hydrogens is 250 g/mol. The molecule has 3 nitrogen and oxygen atoms in total. The van der Waals surface area contributed by atoms with Gasteiger partial charge in [-0.1, -0.05) is 24.6 Å². The van der Waals surface area contributed by atoms with Crippen LogP contribution in [0.4, 0.5) is 0 Å². The maximum atomic E-state index is 12.2. The molecule has 1 aromatic carbocycles. The predicted molar refractivity (Wildman–Crippen MR) is 77.4 cm³/mol. The first-order chi connectivity index (χ1) is 9.83. The largest absolute Gasteiger partial charge is 0.472 e. The van der Waals surface area contributed by atoms with Crippen LogP contribution in [-0.2, 0) is 6.42 Å². The summed E-state index contributed by atoms with van der Waals surface area (Å²) in [5.41, 5.74) is 1.96. The van der Waals surface area contributed by atoms with Crippen molar-refractivity contribution in [1.82, 2.24) is 5.32 Å². The predicted octanol–water partition coefficient (Wildman–Crippen LogP) is 3.42. The van der Waals surface area contributed by atoms with Gasteiger partial charge in [0, 0.05) is 11.6 Å². The highest BCUT2D eigenvalue weighted by Crippen LogP contribution is 2.29. The Labute approximate surface area is 119 Å². The molecule has 2 unspecified atom stereocenters. The van der Waals surface area contributed by atoms with E-state index in [1.807, 2.05) is 36.4 Å². The first-order valence-electron chi connectivity index (χ1n) is 7.20. The van der Waals surface area contributed by atoms with Crippen LogP contribution in [0.25, 0.3) is 0 Å². The van der Waals surface area contributed by atoms with E-state index in [-0.39, 0.29) is 11.9 Å². The number of hydrogen-bond acceptors (Lipinski definition) is 2. The topological polar surface area (TPSA) is 42.2 Å². The zero-order valence-electron chi connectivity index (χ0n) is 11.4. The van der Waals surface area contributed by atoms with Crippen LogP contribution in [0.2, 0.25) is 0 Å². The highest BCUT2D eigenvalue weighted by molar-refractivity contribution is 5.94. The lowest BCUT2D eigenvalue weighted by Crippen LogP contribution is -2.38. The summed E-state index contributed by atoms with van der Waals surface area (Å²) in [5.74, 6) is 0.551. The van der Waals surface area contributed by atoms with E-state index >= 15 is 0 Å². The van der Waals surface area contributed by atoms with Crippen LogP contribution in [0.3, 0.4) is 0 Å². The molecule has 1 amide bonds. The highest BCUT2D eigenvalue weighted by Gasteiger charge is 2.29. The molecule has 20 heavy (non-hydrogen) atoms. The summed E-state index contributed by atoms with van der Waals surface area (Å²) in [6, 6.07) is 11.7. The van der Waals surface area contributed by atoms with Crippen LogP contribution in [-0.4, -0.2) is 11.9 Å². The van der Waals surface area contributed by atoms with Gasteiger partial charge >= 0.3 is 0 Å². The molecule has 0 bridgehead atoms. The second kappa shape index (κ2) is 5.95. The van der Waals surface area contributed by atoms with Gasteiger partial charge in [0.15, 0.2) is 0 Å². The molecule has 1 heterocycles. The van der Waals surface area contributed by atoms with Crippen molar-refractivity contribution < 1.29 is 9.21 Å². The zero-order valence-corrected chi connectivity index (χ0v) is 11.4. The third kappa shape index (κ3) is 2.93. The second-order valence-electron chi connectivity index (χ2n) is 5.47. The van der Waals surface area contributed by atoms with Crippen LogP contribution < -0.4 is 5.32 Å². The van der Waals surface area contributed by atoms with E-state index in [4.69, 9.17) is 4.42 Å². The van der Waals surface area contributed by atoms with Gasteiger partial charge in [-0.05, 0) is 48.9 Å². The first kappa shape index (κ1) is 13.0. The third-order valence-corrected chi connectivity index (χ3v) is 4.09. The number of carbonyl (C=O) groups excluding carboxylic acids is 1. The normalized spacial score (nSPS) is 21.8. The van der Waals surface area contributed by atoms with Crippen LogP contribution in [0.5, 0.6) is 0 Å². The maximum absolute atomic E-state index is 12.2. The maximum Gasteiger partial charge on any atom is 0.251 e. The van der Waals surface area contributed by atoms with Gasteiger partial charge in [0.05, 0.1) is 12.5 Å². The van der Waals surface area contributed by atoms with Crippen LogP contribution in [0.15, 0.2) is 53.3 Å². The van der Waals surface area contributed by atoms with Gasteiger partial charge in [-0.15, -0.1) is 0 Å². The van der Waals surface area contributed by atoms with Gasteiger partial charge in [-0.25, -0.2) is 0 Å². The summed E-state index contributed by atoms with van der Waals surface area (Å²) in [6.45, 7) is 0. The van der Waals surface area contributed by atoms with E-state index < -0.39 is 0 Å². The number of benzene rings is 1. The summed E-state index contributed by atoms with van der Waals surface area (Å²) in [5, 5.41) is 3.19. The fraction of sp³-hybridized carbons (Fsp3) is 0.353. The van der Waals surface area contributed by atoms with Gasteiger partial charge in [-0.3, -0.25) is 4.79 Å².